The van der Waals surface area contributed by atoms with Crippen LogP contribution in [0.25, 0.3) is 49.7 Å². The minimum absolute atomic E-state index is 1.08. The fourth-order valence-electron chi connectivity index (χ4n) is 6.28. The van der Waals surface area contributed by atoms with Crippen LogP contribution in [0, 0.1) is 0 Å². The Morgan fingerprint density at radius 2 is 0.778 bits per heavy atom. The van der Waals surface area contributed by atoms with Gasteiger partial charge < -0.3 is 9.47 Å². The van der Waals surface area contributed by atoms with Crippen molar-refractivity contribution in [3.63, 3.8) is 0 Å². The fourth-order valence-corrected chi connectivity index (χ4v) is 6.55. The summed E-state index contributed by atoms with van der Waals surface area (Å²) < 4.78 is 3.46. The molecule has 0 aliphatic carbocycles. The van der Waals surface area contributed by atoms with E-state index in [1.807, 2.05) is 0 Å². The average molecular weight is 642 g/mol. The van der Waals surface area contributed by atoms with Gasteiger partial charge in [-0.25, -0.2) is 0 Å². The van der Waals surface area contributed by atoms with E-state index >= 15 is 0 Å². The van der Waals surface area contributed by atoms with E-state index in [1.54, 1.807) is 0 Å². The zero-order chi connectivity index (χ0) is 30.2. The summed E-state index contributed by atoms with van der Waals surface area (Å²) >= 11 is 3.58. The van der Waals surface area contributed by atoms with E-state index in [0.29, 0.717) is 0 Å². The summed E-state index contributed by atoms with van der Waals surface area (Å²) in [5.41, 5.74) is 11.7. The molecule has 1 heterocycles. The molecular weight excluding hydrogens is 612 g/mol. The second-order valence-electron chi connectivity index (χ2n) is 11.2. The number of aromatic nitrogens is 1. The molecule has 2 nitrogen and oxygen atoms in total. The van der Waals surface area contributed by atoms with E-state index in [9.17, 15) is 0 Å². The number of hydrogen-bond acceptors (Lipinski definition) is 1. The predicted molar refractivity (Wildman–Crippen MR) is 194 cm³/mol. The van der Waals surface area contributed by atoms with Crippen molar-refractivity contribution >= 4 is 54.8 Å². The van der Waals surface area contributed by atoms with Crippen molar-refractivity contribution in [3.8, 4) is 27.9 Å². The highest BCUT2D eigenvalue weighted by Crippen LogP contribution is 2.39. The van der Waals surface area contributed by atoms with E-state index < -0.39 is 0 Å². The van der Waals surface area contributed by atoms with E-state index in [1.165, 1.54) is 44.1 Å². The Labute approximate surface area is 271 Å². The van der Waals surface area contributed by atoms with Crippen molar-refractivity contribution in [1.29, 1.82) is 0 Å². The molecule has 0 saturated heterocycles. The number of para-hydroxylation sites is 3. The molecule has 0 atom stereocenters. The Morgan fingerprint density at radius 3 is 1.27 bits per heavy atom. The van der Waals surface area contributed by atoms with Crippen molar-refractivity contribution in [2.45, 2.75) is 0 Å². The normalized spacial score (nSPS) is 11.2. The number of benzene rings is 7. The molecule has 0 radical (unpaired) electrons. The molecule has 0 N–H and O–H groups in total. The smallest absolute Gasteiger partial charge is 0.0541 e. The minimum Gasteiger partial charge on any atom is -0.311 e. The summed E-state index contributed by atoms with van der Waals surface area (Å²) in [4.78, 5) is 2.30. The van der Waals surface area contributed by atoms with Gasteiger partial charge in [0.2, 0.25) is 0 Å². The van der Waals surface area contributed by atoms with Crippen molar-refractivity contribution in [2.75, 3.05) is 4.90 Å². The number of fused-ring (bicyclic) bond motifs is 3. The summed E-state index contributed by atoms with van der Waals surface area (Å²) in [6, 6.07) is 62.9. The lowest BCUT2D eigenvalue weighted by Crippen LogP contribution is -2.09. The highest BCUT2D eigenvalue weighted by Gasteiger charge is 2.16. The van der Waals surface area contributed by atoms with Crippen LogP contribution in [0.5, 0.6) is 0 Å². The maximum Gasteiger partial charge on any atom is 0.0541 e. The second-order valence-corrected chi connectivity index (χ2v) is 12.1. The van der Waals surface area contributed by atoms with Crippen LogP contribution in [-0.2, 0) is 0 Å². The molecule has 8 rings (SSSR count). The molecule has 214 valence electrons. The van der Waals surface area contributed by atoms with Crippen molar-refractivity contribution in [2.24, 2.45) is 0 Å². The number of halogens is 1. The molecule has 0 aliphatic heterocycles. The van der Waals surface area contributed by atoms with E-state index in [4.69, 9.17) is 0 Å². The van der Waals surface area contributed by atoms with Gasteiger partial charge >= 0.3 is 0 Å². The molecule has 0 fully saturated rings. The SMILES string of the molecule is Brc1ccc(-c2ccc3c(c2)c2cc(-c4ccc(N(c5ccccc5)c5ccccc5)cc4)ccc2n3-c2ccccc2)cc1. The summed E-state index contributed by atoms with van der Waals surface area (Å²) in [6.07, 6.45) is 0. The van der Waals surface area contributed by atoms with Crippen molar-refractivity contribution < 1.29 is 0 Å². The van der Waals surface area contributed by atoms with Gasteiger partial charge in [-0.1, -0.05) is 107 Å². The zero-order valence-electron chi connectivity index (χ0n) is 24.5. The highest BCUT2D eigenvalue weighted by atomic mass is 79.9. The Kier molecular flexibility index (Phi) is 7.01. The summed E-state index contributed by atoms with van der Waals surface area (Å²) in [7, 11) is 0. The molecule has 0 bridgehead atoms. The monoisotopic (exact) mass is 640 g/mol. The van der Waals surface area contributed by atoms with Gasteiger partial charge in [-0.2, -0.15) is 0 Å². The lowest BCUT2D eigenvalue weighted by atomic mass is 10.00. The molecular formula is C42H29BrN2. The molecule has 7 aromatic carbocycles. The maximum atomic E-state index is 3.58. The summed E-state index contributed by atoms with van der Waals surface area (Å²) in [5, 5.41) is 2.48. The van der Waals surface area contributed by atoms with Gasteiger partial charge in [0.1, 0.15) is 0 Å². The molecule has 1 aromatic heterocycles. The van der Waals surface area contributed by atoms with Gasteiger partial charge in [0, 0.05) is 38.0 Å². The standard InChI is InChI=1S/C42H29BrN2/c43-34-22-16-30(17-23-34)32-20-26-41-39(28-32)40-29-33(21-27-42(40)45(41)37-14-8-3-9-15-37)31-18-24-38(25-19-31)44(35-10-4-1-5-11-35)36-12-6-2-7-13-36/h1-29H. The van der Waals surface area contributed by atoms with E-state index in [0.717, 1.165) is 27.2 Å². The number of nitrogens with zero attached hydrogens (tertiary/aromatic N) is 2. The van der Waals surface area contributed by atoms with Crippen LogP contribution >= 0.6 is 15.9 Å². The number of anilines is 3. The number of hydrogen-bond donors (Lipinski definition) is 0. The third kappa shape index (κ3) is 5.12. The Bertz CT molecular complexity index is 2200. The van der Waals surface area contributed by atoms with Crippen LogP contribution in [0.1, 0.15) is 0 Å². The molecule has 0 aliphatic rings. The van der Waals surface area contributed by atoms with Gasteiger partial charge in [-0.05, 0) is 107 Å². The van der Waals surface area contributed by atoms with Crippen LogP contribution in [0.3, 0.4) is 0 Å². The van der Waals surface area contributed by atoms with Crippen molar-refractivity contribution in [1.82, 2.24) is 4.57 Å². The first kappa shape index (κ1) is 27.2. The number of rotatable bonds is 6. The van der Waals surface area contributed by atoms with Crippen LogP contribution in [-0.4, -0.2) is 4.57 Å². The van der Waals surface area contributed by atoms with Gasteiger partial charge in [0.15, 0.2) is 0 Å². The summed E-state index contributed by atoms with van der Waals surface area (Å²) in [6.45, 7) is 0. The summed E-state index contributed by atoms with van der Waals surface area (Å²) in [5.74, 6) is 0. The van der Waals surface area contributed by atoms with Crippen LogP contribution in [0.2, 0.25) is 0 Å². The van der Waals surface area contributed by atoms with Gasteiger partial charge in [-0.3, -0.25) is 0 Å². The quantitative estimate of drug-likeness (QED) is 0.175. The first-order valence-corrected chi connectivity index (χ1v) is 15.9. The van der Waals surface area contributed by atoms with E-state index in [2.05, 4.69) is 201 Å². The Hall–Kier alpha value is -5.38. The predicted octanol–water partition coefficient (Wildman–Crippen LogP) is 12.3. The molecule has 0 amide bonds. The molecule has 3 heteroatoms. The van der Waals surface area contributed by atoms with Crippen LogP contribution in [0.15, 0.2) is 180 Å². The fraction of sp³-hybridized carbons (Fsp3) is 0. The topological polar surface area (TPSA) is 8.17 Å². The maximum absolute atomic E-state index is 3.58. The van der Waals surface area contributed by atoms with Crippen molar-refractivity contribution in [3.05, 3.63) is 180 Å². The lowest BCUT2D eigenvalue weighted by molar-refractivity contribution is 1.18. The largest absolute Gasteiger partial charge is 0.311 e. The van der Waals surface area contributed by atoms with E-state index in [-0.39, 0.29) is 0 Å². The highest BCUT2D eigenvalue weighted by molar-refractivity contribution is 9.10. The van der Waals surface area contributed by atoms with Gasteiger partial charge in [0.25, 0.3) is 0 Å². The molecule has 0 spiro atoms. The van der Waals surface area contributed by atoms with Gasteiger partial charge in [-0.15, -0.1) is 0 Å². The van der Waals surface area contributed by atoms with Gasteiger partial charge in [0.05, 0.1) is 11.0 Å². The first-order valence-electron chi connectivity index (χ1n) is 15.1. The third-order valence-corrected chi connectivity index (χ3v) is 8.97. The molecule has 0 unspecified atom stereocenters. The third-order valence-electron chi connectivity index (χ3n) is 8.44. The molecule has 45 heavy (non-hydrogen) atoms. The zero-order valence-corrected chi connectivity index (χ0v) is 26.1. The van der Waals surface area contributed by atoms with Crippen LogP contribution in [0.4, 0.5) is 17.1 Å². The Morgan fingerprint density at radius 1 is 0.378 bits per heavy atom. The first-order chi connectivity index (χ1) is 22.2. The van der Waals surface area contributed by atoms with Crippen LogP contribution < -0.4 is 4.90 Å². The lowest BCUT2D eigenvalue weighted by Gasteiger charge is -2.25. The molecule has 0 saturated carbocycles. The molecule has 8 aromatic rings. The average Bonchev–Trinajstić information content (AvgIpc) is 3.43. The second kappa shape index (κ2) is 11.6. The Balaban J connectivity index is 1.25. The minimum atomic E-state index is 1.08.